The molecule has 0 aliphatic heterocycles. The van der Waals surface area contributed by atoms with Crippen molar-refractivity contribution in [2.75, 3.05) is 0 Å². The van der Waals surface area contributed by atoms with Crippen LogP contribution in [0.2, 0.25) is 0 Å². The van der Waals surface area contributed by atoms with Crippen molar-refractivity contribution in [3.05, 3.63) is 41.6 Å². The molecule has 2 nitrogen and oxygen atoms in total. The van der Waals surface area contributed by atoms with Crippen molar-refractivity contribution in [1.29, 1.82) is 0 Å². The third kappa shape index (κ3) is 2.51. The molecule has 1 aromatic rings. The van der Waals surface area contributed by atoms with Gasteiger partial charge in [-0.15, -0.1) is 0 Å². The maximum Gasteiger partial charge on any atom is 0.123 e. The Kier molecular flexibility index (Phi) is 2.96. The summed E-state index contributed by atoms with van der Waals surface area (Å²) in [6.45, 7) is 8.14. The van der Waals surface area contributed by atoms with Crippen molar-refractivity contribution >= 4 is 0 Å². The molecule has 70 valence electrons. The van der Waals surface area contributed by atoms with E-state index in [9.17, 15) is 5.11 Å². The molecule has 13 heavy (non-hydrogen) atoms. The quantitative estimate of drug-likeness (QED) is 0.742. The molecule has 0 saturated heterocycles. The molecule has 0 bridgehead atoms. The van der Waals surface area contributed by atoms with Gasteiger partial charge in [0.25, 0.3) is 0 Å². The maximum atomic E-state index is 9.64. The second-order valence-electron chi connectivity index (χ2n) is 3.22. The Morgan fingerprint density at radius 1 is 1.54 bits per heavy atom. The van der Waals surface area contributed by atoms with E-state index in [1.807, 2.05) is 32.0 Å². The van der Waals surface area contributed by atoms with E-state index in [0.29, 0.717) is 12.3 Å². The largest absolute Gasteiger partial charge is 0.507 e. The fourth-order valence-electron chi connectivity index (χ4n) is 1.11. The van der Waals surface area contributed by atoms with Gasteiger partial charge in [-0.25, -0.2) is 0 Å². The van der Waals surface area contributed by atoms with Crippen molar-refractivity contribution in [3.8, 4) is 5.75 Å². The highest BCUT2D eigenvalue weighted by atomic mass is 16.3. The van der Waals surface area contributed by atoms with Crippen molar-refractivity contribution in [3.63, 3.8) is 0 Å². The molecule has 0 aliphatic carbocycles. The zero-order chi connectivity index (χ0) is 9.84. The lowest BCUT2D eigenvalue weighted by Crippen LogP contribution is -2.09. The second-order valence-corrected chi connectivity index (χ2v) is 3.22. The van der Waals surface area contributed by atoms with Crippen LogP contribution >= 0.6 is 0 Å². The number of benzene rings is 1. The number of phenols is 1. The number of phenolic OH excluding ortho intramolecular Hbond substituents is 1. The fourth-order valence-corrected chi connectivity index (χ4v) is 1.11. The summed E-state index contributed by atoms with van der Waals surface area (Å²) in [4.78, 5) is 0. The van der Waals surface area contributed by atoms with Gasteiger partial charge < -0.3 is 10.4 Å². The summed E-state index contributed by atoms with van der Waals surface area (Å²) in [5.74, 6) is 0.372. The van der Waals surface area contributed by atoms with Crippen LogP contribution in [0.5, 0.6) is 5.75 Å². The highest BCUT2D eigenvalue weighted by Gasteiger charge is 2.01. The van der Waals surface area contributed by atoms with Crippen molar-refractivity contribution in [2.45, 2.75) is 20.4 Å². The Hall–Kier alpha value is -1.44. The average molecular weight is 177 g/mol. The molecule has 2 N–H and O–H groups in total. The number of rotatable bonds is 3. The molecule has 0 atom stereocenters. The van der Waals surface area contributed by atoms with Gasteiger partial charge in [0.15, 0.2) is 0 Å². The van der Waals surface area contributed by atoms with Gasteiger partial charge >= 0.3 is 0 Å². The van der Waals surface area contributed by atoms with Crippen LogP contribution in [0.3, 0.4) is 0 Å². The lowest BCUT2D eigenvalue weighted by molar-refractivity contribution is 0.462. The average Bonchev–Trinajstić information content (AvgIpc) is 2.07. The molecule has 0 unspecified atom stereocenters. The Balaban J connectivity index is 2.77. The van der Waals surface area contributed by atoms with Crippen molar-refractivity contribution < 1.29 is 5.11 Å². The Bertz CT molecular complexity index is 318. The van der Waals surface area contributed by atoms with E-state index in [1.54, 1.807) is 0 Å². The highest BCUT2D eigenvalue weighted by Crippen LogP contribution is 2.20. The smallest absolute Gasteiger partial charge is 0.123 e. The van der Waals surface area contributed by atoms with Crippen LogP contribution in [0.4, 0.5) is 0 Å². The van der Waals surface area contributed by atoms with E-state index < -0.39 is 0 Å². The normalized spacial score (nSPS) is 9.69. The number of hydrogen-bond acceptors (Lipinski definition) is 2. The first-order chi connectivity index (χ1) is 6.11. The Morgan fingerprint density at radius 3 is 2.85 bits per heavy atom. The Morgan fingerprint density at radius 2 is 2.23 bits per heavy atom. The number of allylic oxidation sites excluding steroid dienone is 1. The number of nitrogens with one attached hydrogen (secondary N) is 1. The monoisotopic (exact) mass is 177 g/mol. The first kappa shape index (κ1) is 9.65. The minimum absolute atomic E-state index is 0.372. The Labute approximate surface area is 78.9 Å². The zero-order valence-electron chi connectivity index (χ0n) is 8.09. The summed E-state index contributed by atoms with van der Waals surface area (Å²) in [5.41, 5.74) is 2.71. The molecule has 0 radical (unpaired) electrons. The van der Waals surface area contributed by atoms with Crippen LogP contribution in [-0.2, 0) is 6.54 Å². The molecule has 0 saturated carbocycles. The minimum Gasteiger partial charge on any atom is -0.507 e. The topological polar surface area (TPSA) is 32.3 Å². The molecule has 0 fully saturated rings. The minimum atomic E-state index is 0.372. The summed E-state index contributed by atoms with van der Waals surface area (Å²) < 4.78 is 0. The number of para-hydroxylation sites is 1. The molecule has 1 rings (SSSR count). The van der Waals surface area contributed by atoms with Crippen molar-refractivity contribution in [2.24, 2.45) is 0 Å². The van der Waals surface area contributed by atoms with E-state index in [-0.39, 0.29) is 0 Å². The second kappa shape index (κ2) is 3.99. The zero-order valence-corrected chi connectivity index (χ0v) is 8.09. The predicted molar refractivity (Wildman–Crippen MR) is 54.5 cm³/mol. The summed E-state index contributed by atoms with van der Waals surface area (Å²) >= 11 is 0. The van der Waals surface area contributed by atoms with Gasteiger partial charge in [-0.1, -0.05) is 24.8 Å². The van der Waals surface area contributed by atoms with Crippen LogP contribution < -0.4 is 5.32 Å². The summed E-state index contributed by atoms with van der Waals surface area (Å²) in [6.07, 6.45) is 0. The van der Waals surface area contributed by atoms with E-state index in [0.717, 1.165) is 16.8 Å². The highest BCUT2D eigenvalue weighted by molar-refractivity contribution is 5.39. The van der Waals surface area contributed by atoms with Gasteiger partial charge in [0.05, 0.1) is 0 Å². The van der Waals surface area contributed by atoms with Crippen LogP contribution in [0.15, 0.2) is 30.5 Å². The molecule has 0 aromatic heterocycles. The standard InChI is InChI=1S/C11H15NO/c1-8(2)12-7-10-6-4-5-9(3)11(10)13/h4-6,12-13H,1,7H2,2-3H3. The van der Waals surface area contributed by atoms with E-state index >= 15 is 0 Å². The maximum absolute atomic E-state index is 9.64. The molecule has 2 heteroatoms. The summed E-state index contributed by atoms with van der Waals surface area (Å²) in [5, 5.41) is 12.7. The summed E-state index contributed by atoms with van der Waals surface area (Å²) in [7, 11) is 0. The fraction of sp³-hybridized carbons (Fsp3) is 0.273. The van der Waals surface area contributed by atoms with Crippen LogP contribution in [0.25, 0.3) is 0 Å². The van der Waals surface area contributed by atoms with E-state index in [4.69, 9.17) is 0 Å². The van der Waals surface area contributed by atoms with Gasteiger partial charge in [-0.3, -0.25) is 0 Å². The van der Waals surface area contributed by atoms with Crippen LogP contribution in [-0.4, -0.2) is 5.11 Å². The first-order valence-corrected chi connectivity index (χ1v) is 4.28. The van der Waals surface area contributed by atoms with Gasteiger partial charge in [0, 0.05) is 17.8 Å². The molecule has 0 aliphatic rings. The van der Waals surface area contributed by atoms with Crippen molar-refractivity contribution in [1.82, 2.24) is 5.32 Å². The lowest BCUT2D eigenvalue weighted by Gasteiger charge is -2.08. The molecule has 0 amide bonds. The van der Waals surface area contributed by atoms with E-state index in [1.165, 1.54) is 0 Å². The lowest BCUT2D eigenvalue weighted by atomic mass is 10.1. The van der Waals surface area contributed by atoms with Gasteiger partial charge in [0.1, 0.15) is 5.75 Å². The number of aromatic hydroxyl groups is 1. The molecule has 1 aromatic carbocycles. The third-order valence-corrected chi connectivity index (χ3v) is 1.90. The molecule has 0 spiro atoms. The van der Waals surface area contributed by atoms with Gasteiger partial charge in [-0.05, 0) is 19.4 Å². The third-order valence-electron chi connectivity index (χ3n) is 1.90. The van der Waals surface area contributed by atoms with E-state index in [2.05, 4.69) is 11.9 Å². The summed E-state index contributed by atoms with van der Waals surface area (Å²) in [6, 6.07) is 5.72. The predicted octanol–water partition coefficient (Wildman–Crippen LogP) is 2.32. The molecular formula is C11H15NO. The molecular weight excluding hydrogens is 162 g/mol. The van der Waals surface area contributed by atoms with Gasteiger partial charge in [-0.2, -0.15) is 0 Å². The number of aryl methyl sites for hydroxylation is 1. The van der Waals surface area contributed by atoms with Crippen LogP contribution in [0, 0.1) is 6.92 Å². The first-order valence-electron chi connectivity index (χ1n) is 4.28. The van der Waals surface area contributed by atoms with Crippen LogP contribution in [0.1, 0.15) is 18.1 Å². The van der Waals surface area contributed by atoms with Gasteiger partial charge in [0.2, 0.25) is 0 Å². The molecule has 0 heterocycles. The SMILES string of the molecule is C=C(C)NCc1cccc(C)c1O. The number of hydrogen-bond donors (Lipinski definition) is 2.